The number of hydrogen-bond donors (Lipinski definition) is 4. The molecule has 0 atom stereocenters. The fourth-order valence-electron chi connectivity index (χ4n) is 3.67. The number of benzene rings is 2. The molecule has 0 aliphatic rings. The molecule has 0 saturated carbocycles. The largest absolute Gasteiger partial charge is 0.465 e. The van der Waals surface area contributed by atoms with Gasteiger partial charge in [0.25, 0.3) is 5.91 Å². The van der Waals surface area contributed by atoms with Gasteiger partial charge in [-0.1, -0.05) is 18.2 Å². The molecule has 0 spiro atoms. The molecular formula is C25H20N6O3. The van der Waals surface area contributed by atoms with Gasteiger partial charge in [0.15, 0.2) is 5.65 Å². The number of carbonyl (C=O) groups excluding carboxylic acids is 1. The lowest BCUT2D eigenvalue weighted by molar-refractivity contribution is 0.0953. The molecule has 3 aromatic heterocycles. The molecule has 9 heteroatoms. The third kappa shape index (κ3) is 4.40. The summed E-state index contributed by atoms with van der Waals surface area (Å²) in [5, 5.41) is 14.5. The van der Waals surface area contributed by atoms with Crippen molar-refractivity contribution >= 4 is 34.1 Å². The molecule has 0 aliphatic carbocycles. The van der Waals surface area contributed by atoms with Crippen LogP contribution in [0.4, 0.5) is 4.79 Å². The Morgan fingerprint density at radius 2 is 1.65 bits per heavy atom. The number of amides is 2. The highest BCUT2D eigenvalue weighted by Crippen LogP contribution is 2.26. The van der Waals surface area contributed by atoms with Gasteiger partial charge in [-0.2, -0.15) is 0 Å². The summed E-state index contributed by atoms with van der Waals surface area (Å²) < 4.78 is 0. The van der Waals surface area contributed by atoms with Crippen molar-refractivity contribution in [3.05, 3.63) is 78.8 Å². The summed E-state index contributed by atoms with van der Waals surface area (Å²) in [7, 11) is 0. The van der Waals surface area contributed by atoms with Crippen molar-refractivity contribution in [1.82, 2.24) is 30.6 Å². The van der Waals surface area contributed by atoms with Crippen LogP contribution in [-0.2, 0) is 0 Å². The van der Waals surface area contributed by atoms with Gasteiger partial charge in [-0.05, 0) is 47.3 Å². The molecule has 0 aliphatic heterocycles. The Labute approximate surface area is 193 Å². The van der Waals surface area contributed by atoms with Gasteiger partial charge in [0.2, 0.25) is 0 Å². The van der Waals surface area contributed by atoms with Gasteiger partial charge >= 0.3 is 6.09 Å². The summed E-state index contributed by atoms with van der Waals surface area (Å²) >= 11 is 0. The number of carbonyl (C=O) groups is 2. The monoisotopic (exact) mass is 452 g/mol. The number of pyridine rings is 1. The van der Waals surface area contributed by atoms with Crippen molar-refractivity contribution in [2.24, 2.45) is 0 Å². The van der Waals surface area contributed by atoms with Crippen molar-refractivity contribution < 1.29 is 14.7 Å². The minimum Gasteiger partial charge on any atom is -0.465 e. The molecule has 9 nitrogen and oxygen atoms in total. The first kappa shape index (κ1) is 21.1. The molecule has 3 heterocycles. The van der Waals surface area contributed by atoms with E-state index in [-0.39, 0.29) is 19.0 Å². The van der Waals surface area contributed by atoms with E-state index < -0.39 is 6.09 Å². The van der Waals surface area contributed by atoms with E-state index >= 15 is 0 Å². The molecule has 2 amide bonds. The average Bonchev–Trinajstić information content (AvgIpc) is 3.34. The summed E-state index contributed by atoms with van der Waals surface area (Å²) in [6.45, 7) is 0.344. The van der Waals surface area contributed by atoms with Gasteiger partial charge in [-0.3, -0.25) is 9.78 Å². The predicted molar refractivity (Wildman–Crippen MR) is 128 cm³/mol. The Kier molecular flexibility index (Phi) is 5.57. The number of aromatic amines is 1. The summed E-state index contributed by atoms with van der Waals surface area (Å²) in [6.07, 6.45) is 4.27. The smallest absolute Gasteiger partial charge is 0.404 e. The molecule has 168 valence electrons. The minimum absolute atomic E-state index is 0.140. The van der Waals surface area contributed by atoms with Gasteiger partial charge in [0, 0.05) is 47.7 Å². The molecule has 0 unspecified atom stereocenters. The average molecular weight is 452 g/mol. The SMILES string of the molecule is O=C(O)NCCNC(=O)c1ccc(-c2cnc3cc(-c4ccc5[nH]ccc5c4)cnc3n2)cc1. The fourth-order valence-corrected chi connectivity index (χ4v) is 3.67. The summed E-state index contributed by atoms with van der Waals surface area (Å²) in [5.74, 6) is -0.282. The van der Waals surface area contributed by atoms with E-state index in [1.54, 1.807) is 36.7 Å². The van der Waals surface area contributed by atoms with Gasteiger partial charge in [-0.25, -0.2) is 14.8 Å². The van der Waals surface area contributed by atoms with E-state index in [1.807, 2.05) is 30.5 Å². The van der Waals surface area contributed by atoms with Crippen molar-refractivity contribution in [2.45, 2.75) is 0 Å². The van der Waals surface area contributed by atoms with E-state index in [9.17, 15) is 9.59 Å². The van der Waals surface area contributed by atoms with E-state index in [1.165, 1.54) is 0 Å². The second-order valence-corrected chi connectivity index (χ2v) is 7.67. The first-order chi connectivity index (χ1) is 16.6. The topological polar surface area (TPSA) is 133 Å². The number of carboxylic acid groups (broad SMARTS) is 1. The number of fused-ring (bicyclic) bond motifs is 2. The maximum absolute atomic E-state index is 12.2. The number of nitrogens with one attached hydrogen (secondary N) is 3. The van der Waals surface area contributed by atoms with Crippen LogP contribution in [0.5, 0.6) is 0 Å². The number of rotatable bonds is 6. The zero-order valence-electron chi connectivity index (χ0n) is 17.9. The number of aromatic nitrogens is 4. The Morgan fingerprint density at radius 3 is 2.47 bits per heavy atom. The Morgan fingerprint density at radius 1 is 0.853 bits per heavy atom. The van der Waals surface area contributed by atoms with E-state index in [2.05, 4.69) is 36.6 Å². The van der Waals surface area contributed by atoms with Crippen LogP contribution < -0.4 is 10.6 Å². The van der Waals surface area contributed by atoms with E-state index in [4.69, 9.17) is 5.11 Å². The highest BCUT2D eigenvalue weighted by atomic mass is 16.4. The summed E-state index contributed by atoms with van der Waals surface area (Å²) in [6, 6.07) is 17.2. The quantitative estimate of drug-likeness (QED) is 0.289. The maximum Gasteiger partial charge on any atom is 0.404 e. The maximum atomic E-state index is 12.2. The first-order valence-corrected chi connectivity index (χ1v) is 10.6. The molecule has 0 bridgehead atoms. The van der Waals surface area contributed by atoms with Crippen LogP contribution in [0.15, 0.2) is 73.2 Å². The molecule has 2 aromatic carbocycles. The van der Waals surface area contributed by atoms with Crippen LogP contribution >= 0.6 is 0 Å². The number of hydrogen-bond acceptors (Lipinski definition) is 5. The van der Waals surface area contributed by atoms with Gasteiger partial charge < -0.3 is 20.7 Å². The van der Waals surface area contributed by atoms with Crippen LogP contribution in [0.1, 0.15) is 10.4 Å². The fraction of sp³-hybridized carbons (Fsp3) is 0.0800. The lowest BCUT2D eigenvalue weighted by Crippen LogP contribution is -2.33. The normalized spacial score (nSPS) is 10.9. The second kappa shape index (κ2) is 8.99. The molecule has 34 heavy (non-hydrogen) atoms. The van der Waals surface area contributed by atoms with Gasteiger partial charge in [0.05, 0.1) is 11.9 Å². The second-order valence-electron chi connectivity index (χ2n) is 7.67. The standard InChI is InChI=1S/C25H20N6O3/c32-24(27-9-10-28-25(33)34)16-3-1-15(2-4-16)22-14-29-21-12-19(13-30-23(21)31-22)17-5-6-20-18(11-17)7-8-26-20/h1-8,11-14,26,28H,9-10H2,(H,27,32)(H,33,34). The Hall–Kier alpha value is -4.79. The summed E-state index contributed by atoms with van der Waals surface area (Å²) in [4.78, 5) is 39.5. The van der Waals surface area contributed by atoms with E-state index in [0.717, 1.165) is 27.6 Å². The highest BCUT2D eigenvalue weighted by molar-refractivity contribution is 5.94. The van der Waals surface area contributed by atoms with Crippen molar-refractivity contribution in [3.63, 3.8) is 0 Å². The van der Waals surface area contributed by atoms with Crippen molar-refractivity contribution in [3.8, 4) is 22.4 Å². The lowest BCUT2D eigenvalue weighted by atomic mass is 10.1. The predicted octanol–water partition coefficient (Wildman–Crippen LogP) is 3.84. The minimum atomic E-state index is -1.13. The number of nitrogens with zero attached hydrogens (tertiary/aromatic N) is 3. The van der Waals surface area contributed by atoms with Gasteiger partial charge in [0.1, 0.15) is 5.52 Å². The molecule has 4 N–H and O–H groups in total. The highest BCUT2D eigenvalue weighted by Gasteiger charge is 2.09. The molecule has 0 radical (unpaired) electrons. The molecule has 0 saturated heterocycles. The molecule has 0 fully saturated rings. The zero-order chi connectivity index (χ0) is 23.5. The van der Waals surface area contributed by atoms with Crippen LogP contribution in [-0.4, -0.2) is 50.1 Å². The van der Waals surface area contributed by atoms with Crippen molar-refractivity contribution in [2.75, 3.05) is 13.1 Å². The summed E-state index contributed by atoms with van der Waals surface area (Å²) in [5.41, 5.74) is 6.27. The van der Waals surface area contributed by atoms with E-state index in [0.29, 0.717) is 22.4 Å². The lowest BCUT2D eigenvalue weighted by Gasteiger charge is -2.07. The molecule has 5 rings (SSSR count). The Bertz CT molecular complexity index is 1510. The zero-order valence-corrected chi connectivity index (χ0v) is 17.9. The van der Waals surface area contributed by atoms with Gasteiger partial charge in [-0.15, -0.1) is 0 Å². The van der Waals surface area contributed by atoms with Crippen molar-refractivity contribution in [1.29, 1.82) is 0 Å². The van der Waals surface area contributed by atoms with Crippen LogP contribution in [0.25, 0.3) is 44.5 Å². The molecular weight excluding hydrogens is 432 g/mol. The molecule has 5 aromatic rings. The van der Waals surface area contributed by atoms with Crippen LogP contribution in [0.3, 0.4) is 0 Å². The third-order valence-corrected chi connectivity index (χ3v) is 5.42. The Balaban J connectivity index is 1.32. The third-order valence-electron chi connectivity index (χ3n) is 5.42. The number of H-pyrrole nitrogens is 1. The van der Waals surface area contributed by atoms with Crippen LogP contribution in [0, 0.1) is 0 Å². The first-order valence-electron chi connectivity index (χ1n) is 10.6. The van der Waals surface area contributed by atoms with Crippen LogP contribution in [0.2, 0.25) is 0 Å².